The van der Waals surface area contributed by atoms with Crippen molar-refractivity contribution in [3.8, 4) is 0 Å². The molecular weight excluding hydrogens is 321 g/mol. The maximum absolute atomic E-state index is 3.49. The van der Waals surface area contributed by atoms with Crippen LogP contribution >= 0.6 is 25.8 Å². The van der Waals surface area contributed by atoms with Crippen LogP contribution in [-0.4, -0.2) is 41.9 Å². The molecule has 0 saturated carbocycles. The zero-order valence-corrected chi connectivity index (χ0v) is 14.9. The topological polar surface area (TPSA) is 31.5 Å². The molecular formula is C8H20Br2Mg2O. The third kappa shape index (κ3) is 31.4. The molecule has 0 heterocycles. The zero-order chi connectivity index (χ0) is 9.66. The van der Waals surface area contributed by atoms with Crippen molar-refractivity contribution >= 4 is 62.2 Å². The van der Waals surface area contributed by atoms with Gasteiger partial charge >= 0.3 is 36.4 Å². The maximum atomic E-state index is 3.49. The molecule has 0 bridgehead atoms. The summed E-state index contributed by atoms with van der Waals surface area (Å²) >= 11 is 7.41. The molecule has 0 aliphatic carbocycles. The van der Waals surface area contributed by atoms with Crippen LogP contribution in [-0.2, 0) is 0 Å². The van der Waals surface area contributed by atoms with Gasteiger partial charge in [-0.25, -0.2) is 0 Å². The van der Waals surface area contributed by atoms with Gasteiger partial charge in [0.2, 0.25) is 0 Å². The van der Waals surface area contributed by atoms with E-state index in [1.54, 1.807) is 0 Å². The fourth-order valence-electron chi connectivity index (χ4n) is 0.689. The number of hydrogen-bond donors (Lipinski definition) is 0. The van der Waals surface area contributed by atoms with E-state index in [0.29, 0.717) is 0 Å². The molecule has 0 spiro atoms. The van der Waals surface area contributed by atoms with Crippen LogP contribution in [0.15, 0.2) is 0 Å². The molecule has 0 aliphatic rings. The lowest BCUT2D eigenvalue weighted by molar-refractivity contribution is 0.824. The van der Waals surface area contributed by atoms with Gasteiger partial charge < -0.3 is 31.2 Å². The highest BCUT2D eigenvalue weighted by atomic mass is 79.9. The Kier molecular flexibility index (Phi) is 38.3. The third-order valence-electron chi connectivity index (χ3n) is 1.47. The van der Waals surface area contributed by atoms with Gasteiger partial charge in [0.25, 0.3) is 0 Å². The Morgan fingerprint density at radius 1 is 0.846 bits per heavy atom. The van der Waals surface area contributed by atoms with Crippen molar-refractivity contribution in [2.24, 2.45) is 0 Å². The summed E-state index contributed by atoms with van der Waals surface area (Å²) in [5.74, 6) is 0. The van der Waals surface area contributed by atoms with Crippen molar-refractivity contribution in [1.82, 2.24) is 0 Å². The lowest BCUT2D eigenvalue weighted by Gasteiger charge is -1.83. The molecule has 13 heavy (non-hydrogen) atoms. The summed E-state index contributed by atoms with van der Waals surface area (Å²) < 4.78 is 2.94. The van der Waals surface area contributed by atoms with E-state index >= 15 is 0 Å². The van der Waals surface area contributed by atoms with Crippen molar-refractivity contribution in [1.29, 1.82) is 0 Å². The second kappa shape index (κ2) is 23.9. The number of halogens is 2. The van der Waals surface area contributed by atoms with Crippen molar-refractivity contribution in [3.05, 3.63) is 0 Å². The summed E-state index contributed by atoms with van der Waals surface area (Å²) in [7, 11) is 0. The van der Waals surface area contributed by atoms with E-state index in [0.717, 1.165) is 0 Å². The molecule has 0 aromatic carbocycles. The molecule has 0 atom stereocenters. The average molecular weight is 341 g/mol. The number of rotatable bonds is 6. The van der Waals surface area contributed by atoms with Crippen LogP contribution < -0.4 is 0 Å². The van der Waals surface area contributed by atoms with Crippen LogP contribution in [0.4, 0.5) is 0 Å². The predicted molar refractivity (Wildman–Crippen MR) is 72.4 cm³/mol. The summed E-state index contributed by atoms with van der Waals surface area (Å²) in [6.07, 6.45) is 5.58. The Morgan fingerprint density at radius 3 is 1.23 bits per heavy atom. The molecule has 2 N–H and O–H groups in total. The van der Waals surface area contributed by atoms with Crippen molar-refractivity contribution in [2.75, 3.05) is 0 Å². The standard InChI is InChI=1S/2C4H9.2BrH.2Mg.H2O/c2*1-3-4-2;;;;;/h2*1,3-4H2,2H3;2*1H;;;1H2/q;;;;2*+1;/p-2. The van der Waals surface area contributed by atoms with Crippen molar-refractivity contribution < 1.29 is 5.48 Å². The van der Waals surface area contributed by atoms with Gasteiger partial charge in [0.05, 0.1) is 0 Å². The Morgan fingerprint density at radius 2 is 1.15 bits per heavy atom. The highest BCUT2D eigenvalue weighted by molar-refractivity contribution is 9.23. The first-order valence-electron chi connectivity index (χ1n) is 4.95. The van der Waals surface area contributed by atoms with Crippen LogP contribution in [0.5, 0.6) is 0 Å². The molecule has 0 radical (unpaired) electrons. The molecule has 0 aromatic rings. The maximum Gasteiger partial charge on any atom is 0.468 e. The van der Waals surface area contributed by atoms with Crippen LogP contribution in [0.3, 0.4) is 0 Å². The van der Waals surface area contributed by atoms with E-state index in [1.165, 1.54) is 34.8 Å². The van der Waals surface area contributed by atoms with Gasteiger partial charge in [0.1, 0.15) is 0 Å². The zero-order valence-electron chi connectivity index (χ0n) is 8.91. The summed E-state index contributed by atoms with van der Waals surface area (Å²) in [5.41, 5.74) is 0. The Bertz CT molecular complexity index is 52.1. The SMILES string of the molecule is CCC[CH2][Mg][Br].CCC[CH2][Mg][Br].O. The van der Waals surface area contributed by atoms with Crippen molar-refractivity contribution in [3.63, 3.8) is 0 Å². The largest absolute Gasteiger partial charge is 0.468 e. The van der Waals surface area contributed by atoms with E-state index in [4.69, 9.17) is 0 Å². The van der Waals surface area contributed by atoms with E-state index in [9.17, 15) is 0 Å². The highest BCUT2D eigenvalue weighted by Crippen LogP contribution is 1.95. The van der Waals surface area contributed by atoms with Gasteiger partial charge in [0, 0.05) is 0 Å². The van der Waals surface area contributed by atoms with E-state index in [-0.39, 0.29) is 41.9 Å². The molecule has 0 rings (SSSR count). The average Bonchev–Trinajstić information content (AvgIpc) is 2.12. The fourth-order valence-corrected chi connectivity index (χ4v) is 4.45. The van der Waals surface area contributed by atoms with Gasteiger partial charge in [0.15, 0.2) is 0 Å². The van der Waals surface area contributed by atoms with E-state index in [2.05, 4.69) is 39.6 Å². The first-order valence-corrected chi connectivity index (χ1v) is 14.7. The van der Waals surface area contributed by atoms with Gasteiger partial charge in [-0.15, -0.1) is 9.10 Å². The van der Waals surface area contributed by atoms with Gasteiger partial charge in [-0.05, 0) is 0 Å². The van der Waals surface area contributed by atoms with E-state index in [1.807, 2.05) is 0 Å². The van der Waals surface area contributed by atoms with Crippen LogP contribution in [0.25, 0.3) is 0 Å². The second-order valence-corrected chi connectivity index (χ2v) is 9.72. The number of hydrogen-bond acceptors (Lipinski definition) is 0. The summed E-state index contributed by atoms with van der Waals surface area (Å²) in [6.45, 7) is 4.47. The first-order chi connectivity index (χ1) is 5.83. The summed E-state index contributed by atoms with van der Waals surface area (Å²) in [6, 6.07) is 0. The Balaban J connectivity index is -0.000000143. The minimum atomic E-state index is 0. The van der Waals surface area contributed by atoms with Crippen molar-refractivity contribution in [2.45, 2.75) is 48.6 Å². The molecule has 0 amide bonds. The molecule has 76 valence electrons. The molecule has 0 aliphatic heterocycles. The molecule has 0 unspecified atom stereocenters. The third-order valence-corrected chi connectivity index (χ3v) is 6.37. The fraction of sp³-hybridized carbons (Fsp3) is 1.00. The van der Waals surface area contributed by atoms with Crippen LogP contribution in [0.2, 0.25) is 9.10 Å². The molecule has 0 saturated heterocycles. The van der Waals surface area contributed by atoms with Crippen LogP contribution in [0, 0.1) is 0 Å². The Hall–Kier alpha value is 2.45. The molecule has 1 nitrogen and oxygen atoms in total. The minimum absolute atomic E-state index is 0. The quantitative estimate of drug-likeness (QED) is 0.522. The summed E-state index contributed by atoms with van der Waals surface area (Å²) in [5, 5.41) is 0. The number of unbranched alkanes of at least 4 members (excludes halogenated alkanes) is 2. The highest BCUT2D eigenvalue weighted by Gasteiger charge is 1.84. The lowest BCUT2D eigenvalue weighted by Crippen LogP contribution is -1.72. The second-order valence-electron chi connectivity index (χ2n) is 2.79. The van der Waals surface area contributed by atoms with Crippen LogP contribution in [0.1, 0.15) is 39.5 Å². The molecule has 5 heteroatoms. The molecule has 0 fully saturated rings. The molecule has 0 aromatic heterocycles. The van der Waals surface area contributed by atoms with Gasteiger partial charge in [-0.2, -0.15) is 0 Å². The smallest absolute Gasteiger partial charge is 0.412 e. The predicted octanol–water partition coefficient (Wildman–Crippen LogP) is 3.61. The Labute approximate surface area is 115 Å². The monoisotopic (exact) mass is 338 g/mol. The van der Waals surface area contributed by atoms with E-state index < -0.39 is 0 Å². The summed E-state index contributed by atoms with van der Waals surface area (Å²) in [4.78, 5) is 0. The van der Waals surface area contributed by atoms with Gasteiger partial charge in [-0.3, -0.25) is 0 Å². The van der Waals surface area contributed by atoms with Gasteiger partial charge in [-0.1, -0.05) is 39.5 Å². The first kappa shape index (κ1) is 20.8. The lowest BCUT2D eigenvalue weighted by atomic mass is 10.4. The minimum Gasteiger partial charge on any atom is -0.412 e. The normalized spacial score (nSPS) is 7.08.